The lowest BCUT2D eigenvalue weighted by molar-refractivity contribution is -0.0157. The molecule has 3 N–H and O–H groups in total. The van der Waals surface area contributed by atoms with Crippen molar-refractivity contribution >= 4 is 0 Å². The van der Waals surface area contributed by atoms with Crippen LogP contribution in [0.4, 0.5) is 0 Å². The summed E-state index contributed by atoms with van der Waals surface area (Å²) in [5, 5.41) is 10.1. The molecule has 2 fully saturated rings. The van der Waals surface area contributed by atoms with Crippen molar-refractivity contribution < 1.29 is 5.11 Å². The van der Waals surface area contributed by atoms with Gasteiger partial charge in [-0.1, -0.05) is 6.42 Å². The van der Waals surface area contributed by atoms with Crippen LogP contribution in [0.3, 0.4) is 0 Å². The fourth-order valence-corrected chi connectivity index (χ4v) is 2.99. The molecule has 2 aliphatic rings. The Morgan fingerprint density at radius 3 is 2.27 bits per heavy atom. The maximum absolute atomic E-state index is 10.1. The molecule has 1 heterocycles. The topological polar surface area (TPSA) is 49.5 Å². The lowest BCUT2D eigenvalue weighted by Gasteiger charge is -2.41. The number of hydrogen-bond acceptors (Lipinski definition) is 3. The minimum absolute atomic E-state index is 0.430. The number of nitrogens with zero attached hydrogens (tertiary/aromatic N) is 1. The SMILES string of the molecule is NCC1(O)CCC(N2CCCCC2)CC1. The van der Waals surface area contributed by atoms with Gasteiger partial charge in [-0.2, -0.15) is 0 Å². The van der Waals surface area contributed by atoms with Crippen molar-refractivity contribution in [3.8, 4) is 0 Å². The fraction of sp³-hybridized carbons (Fsp3) is 1.00. The maximum Gasteiger partial charge on any atom is 0.0770 e. The zero-order valence-electron chi connectivity index (χ0n) is 9.62. The van der Waals surface area contributed by atoms with E-state index in [-0.39, 0.29) is 0 Å². The van der Waals surface area contributed by atoms with Crippen LogP contribution in [0.2, 0.25) is 0 Å². The second-order valence-electron chi connectivity index (χ2n) is 5.26. The quantitative estimate of drug-likeness (QED) is 0.721. The third-order valence-corrected chi connectivity index (χ3v) is 4.17. The number of piperidine rings is 1. The highest BCUT2D eigenvalue weighted by atomic mass is 16.3. The van der Waals surface area contributed by atoms with Crippen LogP contribution in [-0.2, 0) is 0 Å². The molecule has 0 unspecified atom stereocenters. The molecule has 0 atom stereocenters. The Bertz CT molecular complexity index is 194. The molecule has 0 aromatic carbocycles. The van der Waals surface area contributed by atoms with Gasteiger partial charge in [-0.15, -0.1) is 0 Å². The second-order valence-corrected chi connectivity index (χ2v) is 5.26. The molecule has 3 nitrogen and oxygen atoms in total. The summed E-state index contributed by atoms with van der Waals surface area (Å²) in [6, 6.07) is 0.720. The van der Waals surface area contributed by atoms with Crippen molar-refractivity contribution in [2.24, 2.45) is 5.73 Å². The molecule has 0 amide bonds. The van der Waals surface area contributed by atoms with E-state index in [1.165, 1.54) is 32.4 Å². The first-order chi connectivity index (χ1) is 7.23. The maximum atomic E-state index is 10.1. The van der Waals surface area contributed by atoms with Crippen LogP contribution in [0.1, 0.15) is 44.9 Å². The van der Waals surface area contributed by atoms with Gasteiger partial charge in [-0.25, -0.2) is 0 Å². The van der Waals surface area contributed by atoms with E-state index in [1.807, 2.05) is 0 Å². The summed E-state index contributed by atoms with van der Waals surface area (Å²) in [6.07, 6.45) is 8.17. The van der Waals surface area contributed by atoms with E-state index in [9.17, 15) is 5.11 Å². The normalized spacial score (nSPS) is 39.2. The van der Waals surface area contributed by atoms with E-state index in [2.05, 4.69) is 4.90 Å². The number of nitrogens with two attached hydrogens (primary N) is 1. The zero-order valence-corrected chi connectivity index (χ0v) is 9.62. The molecule has 1 aliphatic carbocycles. The van der Waals surface area contributed by atoms with E-state index in [4.69, 9.17) is 5.73 Å². The summed E-state index contributed by atoms with van der Waals surface area (Å²) < 4.78 is 0. The van der Waals surface area contributed by atoms with Crippen LogP contribution in [0.5, 0.6) is 0 Å². The minimum atomic E-state index is -0.549. The van der Waals surface area contributed by atoms with Crippen molar-refractivity contribution in [3.05, 3.63) is 0 Å². The van der Waals surface area contributed by atoms with Gasteiger partial charge in [0.25, 0.3) is 0 Å². The molecule has 1 saturated carbocycles. The van der Waals surface area contributed by atoms with Gasteiger partial charge in [0.1, 0.15) is 0 Å². The Labute approximate surface area is 92.6 Å². The van der Waals surface area contributed by atoms with Crippen LogP contribution in [0, 0.1) is 0 Å². The van der Waals surface area contributed by atoms with Crippen molar-refractivity contribution in [2.45, 2.75) is 56.6 Å². The largest absolute Gasteiger partial charge is 0.389 e. The molecule has 0 aromatic rings. The van der Waals surface area contributed by atoms with Crippen molar-refractivity contribution in [3.63, 3.8) is 0 Å². The van der Waals surface area contributed by atoms with Crippen LogP contribution in [0.15, 0.2) is 0 Å². The van der Waals surface area contributed by atoms with Crippen molar-refractivity contribution in [1.82, 2.24) is 4.90 Å². The van der Waals surface area contributed by atoms with Crippen LogP contribution in [0.25, 0.3) is 0 Å². The monoisotopic (exact) mass is 212 g/mol. The predicted molar refractivity (Wildman–Crippen MR) is 61.7 cm³/mol. The smallest absolute Gasteiger partial charge is 0.0770 e. The molecular formula is C12H24N2O. The van der Waals surface area contributed by atoms with Crippen LogP contribution >= 0.6 is 0 Å². The average Bonchev–Trinajstić information content (AvgIpc) is 2.31. The predicted octanol–water partition coefficient (Wildman–Crippen LogP) is 1.10. The summed E-state index contributed by atoms with van der Waals surface area (Å²) in [5.74, 6) is 0. The van der Waals surface area contributed by atoms with Gasteiger partial charge in [0.05, 0.1) is 5.60 Å². The van der Waals surface area contributed by atoms with E-state index in [1.54, 1.807) is 0 Å². The fourth-order valence-electron chi connectivity index (χ4n) is 2.99. The minimum Gasteiger partial charge on any atom is -0.389 e. The third kappa shape index (κ3) is 2.71. The molecule has 2 rings (SSSR count). The summed E-state index contributed by atoms with van der Waals surface area (Å²) in [6.45, 7) is 2.97. The number of likely N-dealkylation sites (tertiary alicyclic amines) is 1. The van der Waals surface area contributed by atoms with E-state index < -0.39 is 5.60 Å². The summed E-state index contributed by atoms with van der Waals surface area (Å²) >= 11 is 0. The van der Waals surface area contributed by atoms with Crippen molar-refractivity contribution in [2.75, 3.05) is 19.6 Å². The molecule has 0 spiro atoms. The summed E-state index contributed by atoms with van der Waals surface area (Å²) in [4.78, 5) is 2.62. The molecule has 0 radical (unpaired) electrons. The Morgan fingerprint density at radius 1 is 1.13 bits per heavy atom. The summed E-state index contributed by atoms with van der Waals surface area (Å²) in [7, 11) is 0. The highest BCUT2D eigenvalue weighted by Crippen LogP contribution is 2.31. The van der Waals surface area contributed by atoms with Gasteiger partial charge in [-0.3, -0.25) is 0 Å². The molecular weight excluding hydrogens is 188 g/mol. The van der Waals surface area contributed by atoms with Crippen LogP contribution < -0.4 is 5.73 Å². The highest BCUT2D eigenvalue weighted by Gasteiger charge is 2.34. The van der Waals surface area contributed by atoms with Crippen molar-refractivity contribution in [1.29, 1.82) is 0 Å². The molecule has 15 heavy (non-hydrogen) atoms. The van der Waals surface area contributed by atoms with Gasteiger partial charge in [0.15, 0.2) is 0 Å². The Hall–Kier alpha value is -0.120. The number of hydrogen-bond donors (Lipinski definition) is 2. The molecule has 88 valence electrons. The Morgan fingerprint density at radius 2 is 1.73 bits per heavy atom. The first kappa shape index (κ1) is 11.4. The average molecular weight is 212 g/mol. The van der Waals surface area contributed by atoms with Gasteiger partial charge in [0.2, 0.25) is 0 Å². The number of rotatable bonds is 2. The zero-order chi connectivity index (χ0) is 10.7. The first-order valence-corrected chi connectivity index (χ1v) is 6.40. The van der Waals surface area contributed by atoms with Gasteiger partial charge in [-0.05, 0) is 51.6 Å². The van der Waals surface area contributed by atoms with E-state index in [0.717, 1.165) is 31.7 Å². The van der Waals surface area contributed by atoms with Gasteiger partial charge in [0, 0.05) is 12.6 Å². The Balaban J connectivity index is 1.82. The standard InChI is InChI=1S/C12H24N2O/c13-10-12(15)6-4-11(5-7-12)14-8-2-1-3-9-14/h11,15H,1-10,13H2. The number of aliphatic hydroxyl groups is 1. The van der Waals surface area contributed by atoms with Crippen LogP contribution in [-0.4, -0.2) is 41.3 Å². The second kappa shape index (κ2) is 4.81. The summed E-state index contributed by atoms with van der Waals surface area (Å²) in [5.41, 5.74) is 5.05. The molecule has 1 aliphatic heterocycles. The first-order valence-electron chi connectivity index (χ1n) is 6.40. The molecule has 1 saturated heterocycles. The van der Waals surface area contributed by atoms with E-state index >= 15 is 0 Å². The lowest BCUT2D eigenvalue weighted by Crippen LogP contribution is -2.48. The highest BCUT2D eigenvalue weighted by molar-refractivity contribution is 4.90. The molecule has 0 bridgehead atoms. The lowest BCUT2D eigenvalue weighted by atomic mass is 9.81. The van der Waals surface area contributed by atoms with E-state index in [0.29, 0.717) is 6.54 Å². The van der Waals surface area contributed by atoms with Gasteiger partial charge < -0.3 is 15.7 Å². The Kier molecular flexibility index (Phi) is 3.65. The molecule has 3 heteroatoms. The third-order valence-electron chi connectivity index (χ3n) is 4.17. The molecule has 0 aromatic heterocycles. The van der Waals surface area contributed by atoms with Gasteiger partial charge >= 0.3 is 0 Å².